The molecule has 0 aliphatic rings. The number of amides is 2. The summed E-state index contributed by atoms with van der Waals surface area (Å²) in [4.78, 5) is 24.6. The molecule has 0 fully saturated rings. The zero-order valence-corrected chi connectivity index (χ0v) is 12.0. The summed E-state index contributed by atoms with van der Waals surface area (Å²) in [5.41, 5.74) is 6.25. The van der Waals surface area contributed by atoms with E-state index in [-0.39, 0.29) is 19.0 Å². The molecule has 0 aromatic heterocycles. The molecule has 0 spiro atoms. The quantitative estimate of drug-likeness (QED) is 0.704. The van der Waals surface area contributed by atoms with Gasteiger partial charge in [-0.3, -0.25) is 14.5 Å². The molecule has 0 bridgehead atoms. The molecule has 1 aromatic rings. The minimum Gasteiger partial charge on any atom is -0.369 e. The lowest BCUT2D eigenvalue weighted by atomic mass is 10.2. The van der Waals surface area contributed by atoms with Crippen LogP contribution in [0.15, 0.2) is 30.3 Å². The monoisotopic (exact) mass is 277 g/mol. The van der Waals surface area contributed by atoms with Crippen molar-refractivity contribution in [2.45, 2.75) is 26.3 Å². The van der Waals surface area contributed by atoms with Crippen molar-refractivity contribution in [3.05, 3.63) is 35.9 Å². The first-order chi connectivity index (χ1) is 9.61. The number of primary amides is 1. The third-order valence-corrected chi connectivity index (χ3v) is 2.91. The number of unbranched alkanes of at least 4 members (excludes halogenated alkanes) is 1. The molecule has 0 atom stereocenters. The lowest BCUT2D eigenvalue weighted by Gasteiger charge is -2.19. The molecule has 1 rings (SSSR count). The molecule has 0 radical (unpaired) electrons. The van der Waals surface area contributed by atoms with Crippen LogP contribution in [0.1, 0.15) is 25.3 Å². The van der Waals surface area contributed by atoms with Gasteiger partial charge in [-0.15, -0.1) is 0 Å². The van der Waals surface area contributed by atoms with Crippen LogP contribution in [-0.4, -0.2) is 36.3 Å². The summed E-state index contributed by atoms with van der Waals surface area (Å²) in [6.45, 7) is 3.60. The minimum atomic E-state index is -0.406. The molecule has 0 heterocycles. The second-order valence-electron chi connectivity index (χ2n) is 4.79. The average molecular weight is 277 g/mol. The summed E-state index contributed by atoms with van der Waals surface area (Å²) in [5, 5.41) is 2.85. The van der Waals surface area contributed by atoms with E-state index in [2.05, 4.69) is 12.2 Å². The summed E-state index contributed by atoms with van der Waals surface area (Å²) in [5.74, 6) is -0.497. The highest BCUT2D eigenvalue weighted by atomic mass is 16.2. The highest BCUT2D eigenvalue weighted by molar-refractivity contribution is 5.80. The number of carbonyl (C=O) groups is 2. The predicted molar refractivity (Wildman–Crippen MR) is 78.8 cm³/mol. The van der Waals surface area contributed by atoms with Crippen LogP contribution in [0.25, 0.3) is 0 Å². The molecule has 0 unspecified atom stereocenters. The summed E-state index contributed by atoms with van der Waals surface area (Å²) in [7, 11) is 0. The van der Waals surface area contributed by atoms with E-state index in [0.29, 0.717) is 13.1 Å². The van der Waals surface area contributed by atoms with Crippen molar-refractivity contribution < 1.29 is 9.59 Å². The molecule has 0 aliphatic heterocycles. The number of benzene rings is 1. The van der Waals surface area contributed by atoms with Crippen LogP contribution in [0, 0.1) is 0 Å². The Morgan fingerprint density at radius 2 is 1.90 bits per heavy atom. The van der Waals surface area contributed by atoms with E-state index in [4.69, 9.17) is 5.73 Å². The summed E-state index contributed by atoms with van der Waals surface area (Å²) in [6, 6.07) is 9.71. The summed E-state index contributed by atoms with van der Waals surface area (Å²) < 4.78 is 0. The molecule has 0 saturated heterocycles. The van der Waals surface area contributed by atoms with Gasteiger partial charge >= 0.3 is 0 Å². The van der Waals surface area contributed by atoms with Gasteiger partial charge in [0, 0.05) is 6.54 Å². The lowest BCUT2D eigenvalue weighted by molar-refractivity contribution is -0.124. The third kappa shape index (κ3) is 6.89. The lowest BCUT2D eigenvalue weighted by Crippen LogP contribution is -2.41. The number of hydrogen-bond donors (Lipinski definition) is 2. The topological polar surface area (TPSA) is 75.4 Å². The minimum absolute atomic E-state index is 0.0915. The van der Waals surface area contributed by atoms with Crippen molar-refractivity contribution in [2.24, 2.45) is 5.73 Å². The Hall–Kier alpha value is -1.88. The first-order valence-corrected chi connectivity index (χ1v) is 6.93. The predicted octanol–water partition coefficient (Wildman–Crippen LogP) is 0.890. The number of nitrogens with one attached hydrogen (secondary N) is 1. The summed E-state index contributed by atoms with van der Waals surface area (Å²) in [6.07, 6.45) is 1.96. The number of carbonyl (C=O) groups excluding carboxylic acids is 2. The van der Waals surface area contributed by atoms with Gasteiger partial charge in [0.05, 0.1) is 13.1 Å². The van der Waals surface area contributed by atoms with Crippen molar-refractivity contribution in [1.29, 1.82) is 0 Å². The summed E-state index contributed by atoms with van der Waals surface area (Å²) >= 11 is 0. The number of hydrogen-bond acceptors (Lipinski definition) is 3. The van der Waals surface area contributed by atoms with E-state index in [9.17, 15) is 9.59 Å². The number of nitrogens with two attached hydrogens (primary N) is 1. The van der Waals surface area contributed by atoms with E-state index in [1.165, 1.54) is 0 Å². The first kappa shape index (κ1) is 16.2. The van der Waals surface area contributed by atoms with Crippen LogP contribution in [0.2, 0.25) is 0 Å². The van der Waals surface area contributed by atoms with Crippen LogP contribution in [0.5, 0.6) is 0 Å². The van der Waals surface area contributed by atoms with Gasteiger partial charge in [-0.05, 0) is 18.5 Å². The molecule has 1 aromatic carbocycles. The Balaban J connectivity index is 2.38. The molecule has 0 saturated carbocycles. The van der Waals surface area contributed by atoms with Gasteiger partial charge in [0.15, 0.2) is 0 Å². The average Bonchev–Trinajstić information content (AvgIpc) is 2.43. The first-order valence-electron chi connectivity index (χ1n) is 6.93. The van der Waals surface area contributed by atoms with Gasteiger partial charge in [0.2, 0.25) is 11.8 Å². The van der Waals surface area contributed by atoms with Gasteiger partial charge in [-0.2, -0.15) is 0 Å². The molecule has 0 aliphatic carbocycles. The van der Waals surface area contributed by atoms with Crippen LogP contribution >= 0.6 is 0 Å². The standard InChI is InChI=1S/C15H23N3O2/c1-2-3-9-18(11-14(16)19)12-15(20)17-10-13-7-5-4-6-8-13/h4-8H,2-3,9-12H2,1H3,(H2,16,19)(H,17,20). The van der Waals surface area contributed by atoms with E-state index in [1.807, 2.05) is 30.3 Å². The zero-order chi connectivity index (χ0) is 14.8. The van der Waals surface area contributed by atoms with E-state index in [0.717, 1.165) is 18.4 Å². The Bertz CT molecular complexity index is 420. The molecule has 110 valence electrons. The van der Waals surface area contributed by atoms with Crippen LogP contribution in [0.3, 0.4) is 0 Å². The van der Waals surface area contributed by atoms with Crippen molar-refractivity contribution in [3.8, 4) is 0 Å². The van der Waals surface area contributed by atoms with Crippen LogP contribution in [0.4, 0.5) is 0 Å². The molecule has 3 N–H and O–H groups in total. The number of rotatable bonds is 9. The highest BCUT2D eigenvalue weighted by Gasteiger charge is 2.12. The third-order valence-electron chi connectivity index (χ3n) is 2.91. The van der Waals surface area contributed by atoms with Crippen molar-refractivity contribution in [3.63, 3.8) is 0 Å². The molecule has 5 heteroatoms. The largest absolute Gasteiger partial charge is 0.369 e. The zero-order valence-electron chi connectivity index (χ0n) is 12.0. The Morgan fingerprint density at radius 3 is 2.50 bits per heavy atom. The van der Waals surface area contributed by atoms with Crippen molar-refractivity contribution >= 4 is 11.8 Å². The highest BCUT2D eigenvalue weighted by Crippen LogP contribution is 1.98. The molecule has 5 nitrogen and oxygen atoms in total. The van der Waals surface area contributed by atoms with Gasteiger partial charge in [0.1, 0.15) is 0 Å². The van der Waals surface area contributed by atoms with E-state index < -0.39 is 5.91 Å². The Kier molecular flexibility index (Phi) is 7.35. The second kappa shape index (κ2) is 9.09. The number of nitrogens with zero attached hydrogens (tertiary/aromatic N) is 1. The maximum Gasteiger partial charge on any atom is 0.234 e. The Morgan fingerprint density at radius 1 is 1.20 bits per heavy atom. The van der Waals surface area contributed by atoms with Crippen molar-refractivity contribution in [2.75, 3.05) is 19.6 Å². The molecular formula is C15H23N3O2. The van der Waals surface area contributed by atoms with Gasteiger partial charge < -0.3 is 11.1 Å². The van der Waals surface area contributed by atoms with Crippen molar-refractivity contribution in [1.82, 2.24) is 10.2 Å². The van der Waals surface area contributed by atoms with Crippen LogP contribution in [-0.2, 0) is 16.1 Å². The van der Waals surface area contributed by atoms with Gasteiger partial charge in [-0.1, -0.05) is 43.7 Å². The van der Waals surface area contributed by atoms with Gasteiger partial charge in [0.25, 0.3) is 0 Å². The molecular weight excluding hydrogens is 254 g/mol. The Labute approximate surface area is 120 Å². The maximum absolute atomic E-state index is 11.9. The maximum atomic E-state index is 11.9. The SMILES string of the molecule is CCCCN(CC(N)=O)CC(=O)NCc1ccccc1. The molecule has 20 heavy (non-hydrogen) atoms. The normalized spacial score (nSPS) is 10.5. The smallest absolute Gasteiger partial charge is 0.234 e. The fourth-order valence-corrected chi connectivity index (χ4v) is 1.87. The second-order valence-corrected chi connectivity index (χ2v) is 4.79. The fraction of sp³-hybridized carbons (Fsp3) is 0.467. The van der Waals surface area contributed by atoms with E-state index >= 15 is 0 Å². The van der Waals surface area contributed by atoms with E-state index in [1.54, 1.807) is 4.90 Å². The van der Waals surface area contributed by atoms with Gasteiger partial charge in [-0.25, -0.2) is 0 Å². The molecule has 2 amide bonds. The fourth-order valence-electron chi connectivity index (χ4n) is 1.87. The van der Waals surface area contributed by atoms with Crippen LogP contribution < -0.4 is 11.1 Å².